The first-order valence-corrected chi connectivity index (χ1v) is 11.4. The number of hydrogen-bond acceptors (Lipinski definition) is 5. The summed E-state index contributed by atoms with van der Waals surface area (Å²) in [5.74, 6) is 0. The van der Waals surface area contributed by atoms with Gasteiger partial charge in [-0.3, -0.25) is 4.31 Å². The van der Waals surface area contributed by atoms with Gasteiger partial charge in [-0.05, 0) is 49.4 Å². The molecule has 0 aliphatic rings. The molecule has 0 saturated carbocycles. The molecule has 0 bridgehead atoms. The Labute approximate surface area is 190 Å². The van der Waals surface area contributed by atoms with Crippen LogP contribution in [0.15, 0.2) is 47.4 Å². The van der Waals surface area contributed by atoms with Gasteiger partial charge in [-0.25, -0.2) is 13.2 Å². The Morgan fingerprint density at radius 1 is 1.10 bits per heavy atom. The van der Waals surface area contributed by atoms with E-state index in [-0.39, 0.29) is 40.4 Å². The minimum Gasteiger partial charge on any atom is -0.447 e. The summed E-state index contributed by atoms with van der Waals surface area (Å²) in [6.45, 7) is 1.17. The largest absolute Gasteiger partial charge is 0.447 e. The lowest BCUT2D eigenvalue weighted by Crippen LogP contribution is -2.43. The summed E-state index contributed by atoms with van der Waals surface area (Å²) in [7, 11) is -2.64. The molecule has 1 atom stereocenters. The Kier molecular flexibility index (Phi) is 8.63. The molecule has 11 heteroatoms. The van der Waals surface area contributed by atoms with E-state index in [0.717, 1.165) is 4.31 Å². The van der Waals surface area contributed by atoms with Crippen LogP contribution in [-0.2, 0) is 14.8 Å². The molecule has 7 nitrogen and oxygen atoms in total. The number of halogens is 3. The van der Waals surface area contributed by atoms with Gasteiger partial charge < -0.3 is 14.7 Å². The van der Waals surface area contributed by atoms with Gasteiger partial charge >= 0.3 is 6.09 Å². The van der Waals surface area contributed by atoms with E-state index in [1.165, 1.54) is 54.4 Å². The maximum Gasteiger partial charge on any atom is 0.409 e. The van der Waals surface area contributed by atoms with Gasteiger partial charge in [-0.2, -0.15) is 0 Å². The maximum atomic E-state index is 13.4. The highest BCUT2D eigenvalue weighted by Crippen LogP contribution is 2.35. The third-order valence-electron chi connectivity index (χ3n) is 4.11. The van der Waals surface area contributed by atoms with Gasteiger partial charge in [0.25, 0.3) is 10.0 Å². The van der Waals surface area contributed by atoms with Crippen molar-refractivity contribution in [1.29, 1.82) is 0 Å². The van der Waals surface area contributed by atoms with Crippen molar-refractivity contribution in [3.8, 4) is 0 Å². The molecule has 0 spiro atoms. The van der Waals surface area contributed by atoms with Crippen LogP contribution in [0.5, 0.6) is 0 Å². The first-order valence-electron chi connectivity index (χ1n) is 8.81. The average Bonchev–Trinajstić information content (AvgIpc) is 2.69. The van der Waals surface area contributed by atoms with Crippen LogP contribution in [0.4, 0.5) is 10.5 Å². The van der Waals surface area contributed by atoms with Crippen LogP contribution in [0, 0.1) is 0 Å². The smallest absolute Gasteiger partial charge is 0.409 e. The molecule has 1 amide bonds. The normalized spacial score (nSPS) is 12.3. The lowest BCUT2D eigenvalue weighted by atomic mass is 10.2. The quantitative estimate of drug-likeness (QED) is 0.590. The Balaban J connectivity index is 2.42. The van der Waals surface area contributed by atoms with E-state index in [4.69, 9.17) is 44.6 Å². The number of nitrogens with zero attached hydrogens (tertiary/aromatic N) is 2. The third kappa shape index (κ3) is 5.92. The molecule has 30 heavy (non-hydrogen) atoms. The second-order valence-electron chi connectivity index (χ2n) is 6.42. The zero-order chi connectivity index (χ0) is 22.5. The molecular formula is C19H21Cl3N2O5S. The number of carbonyl (C=O) groups is 1. The van der Waals surface area contributed by atoms with E-state index in [1.54, 1.807) is 6.92 Å². The topological polar surface area (TPSA) is 87.2 Å². The summed E-state index contributed by atoms with van der Waals surface area (Å²) in [4.78, 5) is 13.2. The number of aliphatic hydroxyl groups excluding tert-OH is 1. The maximum absolute atomic E-state index is 13.4. The summed E-state index contributed by atoms with van der Waals surface area (Å²) in [6, 6.07) is 9.28. The lowest BCUT2D eigenvalue weighted by molar-refractivity contribution is 0.100. The molecule has 1 N–H and O–H groups in total. The van der Waals surface area contributed by atoms with Crippen molar-refractivity contribution in [2.24, 2.45) is 0 Å². The molecule has 164 valence electrons. The van der Waals surface area contributed by atoms with Crippen molar-refractivity contribution in [3.63, 3.8) is 0 Å². The van der Waals surface area contributed by atoms with Crippen molar-refractivity contribution in [2.45, 2.75) is 17.9 Å². The Morgan fingerprint density at radius 3 is 2.30 bits per heavy atom. The van der Waals surface area contributed by atoms with E-state index < -0.39 is 22.2 Å². The van der Waals surface area contributed by atoms with E-state index in [2.05, 4.69) is 0 Å². The van der Waals surface area contributed by atoms with E-state index in [0.29, 0.717) is 5.02 Å². The molecule has 2 aromatic rings. The second-order valence-corrected chi connectivity index (χ2v) is 9.52. The standard InChI is InChI=1S/C19H21Cl3N2O5S/c1-13(12-29-19(26)23(2)9-10-25)24(18-11-15(21)5-8-17(18)22)30(27,28)16-6-3-14(20)4-7-16/h3-8,11,13,25H,9-10,12H2,1-2H3. The number of carbonyl (C=O) groups excluding carboxylic acids is 1. The summed E-state index contributed by atoms with van der Waals surface area (Å²) < 4.78 is 33.1. The summed E-state index contributed by atoms with van der Waals surface area (Å²) in [5.41, 5.74) is 0.145. The van der Waals surface area contributed by atoms with E-state index in [9.17, 15) is 13.2 Å². The fraction of sp³-hybridized carbons (Fsp3) is 0.316. The molecule has 1 unspecified atom stereocenters. The lowest BCUT2D eigenvalue weighted by Gasteiger charge is -2.31. The summed E-state index contributed by atoms with van der Waals surface area (Å²) in [6.07, 6.45) is -0.697. The number of hydrogen-bond donors (Lipinski definition) is 1. The van der Waals surface area contributed by atoms with Gasteiger partial charge in [0.15, 0.2) is 0 Å². The van der Waals surface area contributed by atoms with Crippen molar-refractivity contribution >= 4 is 56.6 Å². The molecule has 0 heterocycles. The fourth-order valence-electron chi connectivity index (χ4n) is 2.59. The number of benzene rings is 2. The number of aliphatic hydroxyl groups is 1. The van der Waals surface area contributed by atoms with Gasteiger partial charge in [-0.15, -0.1) is 0 Å². The number of likely N-dealkylation sites (N-methyl/N-ethyl adjacent to an activating group) is 1. The van der Waals surface area contributed by atoms with Gasteiger partial charge in [0.1, 0.15) is 6.61 Å². The monoisotopic (exact) mass is 494 g/mol. The average molecular weight is 496 g/mol. The number of rotatable bonds is 8. The predicted octanol–water partition coefficient (Wildman–Crippen LogP) is 4.29. The zero-order valence-electron chi connectivity index (χ0n) is 16.3. The van der Waals surface area contributed by atoms with Crippen LogP contribution < -0.4 is 4.31 Å². The van der Waals surface area contributed by atoms with Crippen molar-refractivity contribution in [1.82, 2.24) is 4.90 Å². The molecule has 0 saturated heterocycles. The van der Waals surface area contributed by atoms with Crippen LogP contribution in [0.25, 0.3) is 0 Å². The van der Waals surface area contributed by atoms with Gasteiger partial charge in [0.05, 0.1) is 28.3 Å². The molecule has 0 aliphatic heterocycles. The molecular weight excluding hydrogens is 475 g/mol. The van der Waals surface area contributed by atoms with Crippen LogP contribution in [0.2, 0.25) is 15.1 Å². The minimum atomic E-state index is -4.10. The molecule has 2 rings (SSSR count). The zero-order valence-corrected chi connectivity index (χ0v) is 19.3. The van der Waals surface area contributed by atoms with E-state index in [1.807, 2.05) is 0 Å². The highest BCUT2D eigenvalue weighted by atomic mass is 35.5. The Bertz CT molecular complexity index is 986. The number of ether oxygens (including phenoxy) is 1. The van der Waals surface area contributed by atoms with Crippen LogP contribution in [0.3, 0.4) is 0 Å². The predicted molar refractivity (Wildman–Crippen MR) is 118 cm³/mol. The number of anilines is 1. The Hall–Kier alpha value is -1.71. The highest BCUT2D eigenvalue weighted by Gasteiger charge is 2.32. The molecule has 0 aliphatic carbocycles. The van der Waals surface area contributed by atoms with E-state index >= 15 is 0 Å². The van der Waals surface area contributed by atoms with Crippen LogP contribution in [-0.4, -0.2) is 57.4 Å². The van der Waals surface area contributed by atoms with Crippen molar-refractivity contribution < 1.29 is 23.1 Å². The summed E-state index contributed by atoms with van der Waals surface area (Å²) >= 11 is 18.2. The molecule has 2 aromatic carbocycles. The SMILES string of the molecule is CC(COC(=O)N(C)CCO)N(c1cc(Cl)ccc1Cl)S(=O)(=O)c1ccc(Cl)cc1. The number of sulfonamides is 1. The first-order chi connectivity index (χ1) is 14.1. The molecule has 0 radical (unpaired) electrons. The minimum absolute atomic E-state index is 0.0153. The van der Waals surface area contributed by atoms with Crippen LogP contribution in [0.1, 0.15) is 6.92 Å². The molecule has 0 fully saturated rings. The second kappa shape index (κ2) is 10.5. The Morgan fingerprint density at radius 2 is 1.70 bits per heavy atom. The first kappa shape index (κ1) is 24.6. The number of amides is 1. The van der Waals surface area contributed by atoms with Gasteiger partial charge in [0.2, 0.25) is 0 Å². The van der Waals surface area contributed by atoms with Gasteiger partial charge in [0, 0.05) is 23.6 Å². The van der Waals surface area contributed by atoms with Crippen molar-refractivity contribution in [2.75, 3.05) is 31.1 Å². The highest BCUT2D eigenvalue weighted by molar-refractivity contribution is 7.92. The molecule has 0 aromatic heterocycles. The van der Waals surface area contributed by atoms with Crippen LogP contribution >= 0.6 is 34.8 Å². The van der Waals surface area contributed by atoms with Crippen molar-refractivity contribution in [3.05, 3.63) is 57.5 Å². The fourth-order valence-corrected chi connectivity index (χ4v) is 4.79. The summed E-state index contributed by atoms with van der Waals surface area (Å²) in [5, 5.41) is 9.77. The van der Waals surface area contributed by atoms with Gasteiger partial charge in [-0.1, -0.05) is 34.8 Å². The third-order valence-corrected chi connectivity index (χ3v) is 6.86.